The molecule has 1 amide bonds. The first-order valence-corrected chi connectivity index (χ1v) is 7.78. The van der Waals surface area contributed by atoms with E-state index in [4.69, 9.17) is 0 Å². The van der Waals surface area contributed by atoms with Crippen LogP contribution in [0.15, 0.2) is 4.47 Å². The highest BCUT2D eigenvalue weighted by Gasteiger charge is 2.23. The predicted octanol–water partition coefficient (Wildman–Crippen LogP) is 2.91. The SMILES string of the molecule is Cc1nn(C[C@H](C)C(=O)N2CCCCC2)c(C)c1Br. The maximum atomic E-state index is 12.4. The number of aromatic nitrogens is 2. The summed E-state index contributed by atoms with van der Waals surface area (Å²) in [6.07, 6.45) is 3.54. The number of aryl methyl sites for hydroxylation is 1. The van der Waals surface area contributed by atoms with Crippen LogP contribution in [0.3, 0.4) is 0 Å². The Labute approximate surface area is 123 Å². The van der Waals surface area contributed by atoms with Gasteiger partial charge in [0.05, 0.1) is 22.6 Å². The van der Waals surface area contributed by atoms with Gasteiger partial charge in [-0.2, -0.15) is 5.10 Å². The Morgan fingerprint density at radius 3 is 2.47 bits per heavy atom. The monoisotopic (exact) mass is 327 g/mol. The number of hydrogen-bond acceptors (Lipinski definition) is 2. The van der Waals surface area contributed by atoms with Crippen LogP contribution < -0.4 is 0 Å². The van der Waals surface area contributed by atoms with Crippen molar-refractivity contribution in [3.05, 3.63) is 15.9 Å². The van der Waals surface area contributed by atoms with Gasteiger partial charge in [-0.25, -0.2) is 0 Å². The molecule has 0 unspecified atom stereocenters. The molecule has 0 bridgehead atoms. The predicted molar refractivity (Wildman–Crippen MR) is 79.0 cm³/mol. The Morgan fingerprint density at radius 2 is 1.95 bits per heavy atom. The lowest BCUT2D eigenvalue weighted by Crippen LogP contribution is -2.40. The van der Waals surface area contributed by atoms with Crippen molar-refractivity contribution in [1.29, 1.82) is 0 Å². The number of carbonyl (C=O) groups excluding carboxylic acids is 1. The summed E-state index contributed by atoms with van der Waals surface area (Å²) in [7, 11) is 0. The lowest BCUT2D eigenvalue weighted by atomic mass is 10.1. The van der Waals surface area contributed by atoms with E-state index in [1.807, 2.05) is 30.4 Å². The van der Waals surface area contributed by atoms with Crippen molar-refractivity contribution in [2.24, 2.45) is 5.92 Å². The van der Waals surface area contributed by atoms with E-state index in [0.717, 1.165) is 41.8 Å². The molecule has 1 fully saturated rings. The Kier molecular flexibility index (Phi) is 4.66. The van der Waals surface area contributed by atoms with E-state index < -0.39 is 0 Å². The molecule has 1 aliphatic heterocycles. The van der Waals surface area contributed by atoms with E-state index in [0.29, 0.717) is 6.54 Å². The molecule has 4 nitrogen and oxygen atoms in total. The van der Waals surface area contributed by atoms with Gasteiger partial charge >= 0.3 is 0 Å². The normalized spacial score (nSPS) is 17.6. The average Bonchev–Trinajstić information content (AvgIpc) is 2.66. The van der Waals surface area contributed by atoms with Crippen LogP contribution in [0.2, 0.25) is 0 Å². The molecule has 106 valence electrons. The minimum absolute atomic E-state index is 0.0111. The van der Waals surface area contributed by atoms with E-state index in [1.54, 1.807) is 0 Å². The molecule has 19 heavy (non-hydrogen) atoms. The molecule has 0 N–H and O–H groups in total. The van der Waals surface area contributed by atoms with Crippen LogP contribution in [-0.2, 0) is 11.3 Å². The van der Waals surface area contributed by atoms with Crippen LogP contribution in [0.1, 0.15) is 37.6 Å². The summed E-state index contributed by atoms with van der Waals surface area (Å²) in [6.45, 7) is 8.51. The third-order valence-electron chi connectivity index (χ3n) is 3.83. The van der Waals surface area contributed by atoms with Gasteiger partial charge in [-0.1, -0.05) is 6.92 Å². The first kappa shape index (κ1) is 14.6. The van der Waals surface area contributed by atoms with Gasteiger partial charge in [0, 0.05) is 18.8 Å². The maximum absolute atomic E-state index is 12.4. The van der Waals surface area contributed by atoms with Gasteiger partial charge in [-0.3, -0.25) is 9.48 Å². The average molecular weight is 328 g/mol. The molecule has 0 aromatic carbocycles. The molecule has 1 aliphatic rings. The highest BCUT2D eigenvalue weighted by molar-refractivity contribution is 9.10. The van der Waals surface area contributed by atoms with E-state index >= 15 is 0 Å². The minimum Gasteiger partial charge on any atom is -0.342 e. The molecule has 0 saturated carbocycles. The number of likely N-dealkylation sites (tertiary alicyclic amines) is 1. The summed E-state index contributed by atoms with van der Waals surface area (Å²) < 4.78 is 2.98. The van der Waals surface area contributed by atoms with Gasteiger partial charge in [-0.15, -0.1) is 0 Å². The quantitative estimate of drug-likeness (QED) is 0.856. The molecule has 2 heterocycles. The number of rotatable bonds is 3. The van der Waals surface area contributed by atoms with Crippen LogP contribution in [0.25, 0.3) is 0 Å². The Morgan fingerprint density at radius 1 is 1.32 bits per heavy atom. The fraction of sp³-hybridized carbons (Fsp3) is 0.714. The second-order valence-electron chi connectivity index (χ2n) is 5.45. The third kappa shape index (κ3) is 3.19. The van der Waals surface area contributed by atoms with E-state index in [1.165, 1.54) is 6.42 Å². The van der Waals surface area contributed by atoms with Crippen LogP contribution in [0.5, 0.6) is 0 Å². The number of carbonyl (C=O) groups is 1. The first-order valence-electron chi connectivity index (χ1n) is 6.99. The molecule has 1 aromatic rings. The molecule has 5 heteroatoms. The fourth-order valence-electron chi connectivity index (χ4n) is 2.62. The zero-order valence-electron chi connectivity index (χ0n) is 11.9. The summed E-state index contributed by atoms with van der Waals surface area (Å²) in [5.74, 6) is 0.256. The molecule has 1 aromatic heterocycles. The summed E-state index contributed by atoms with van der Waals surface area (Å²) in [6, 6.07) is 0. The van der Waals surface area contributed by atoms with Crippen LogP contribution in [0.4, 0.5) is 0 Å². The van der Waals surface area contributed by atoms with Crippen molar-refractivity contribution in [3.63, 3.8) is 0 Å². The lowest BCUT2D eigenvalue weighted by molar-refractivity contribution is -0.136. The standard InChI is InChI=1S/C14H22BrN3O/c1-10(14(19)17-7-5-4-6-8-17)9-18-12(3)13(15)11(2)16-18/h10H,4-9H2,1-3H3/t10-/m0/s1. The van der Waals surface area contributed by atoms with Gasteiger partial charge in [0.2, 0.25) is 5.91 Å². The smallest absolute Gasteiger partial charge is 0.227 e. The number of piperidine rings is 1. The van der Waals surface area contributed by atoms with E-state index in [9.17, 15) is 4.79 Å². The van der Waals surface area contributed by atoms with Gasteiger partial charge in [0.25, 0.3) is 0 Å². The zero-order chi connectivity index (χ0) is 14.0. The van der Waals surface area contributed by atoms with Gasteiger partial charge in [-0.05, 0) is 49.0 Å². The van der Waals surface area contributed by atoms with Crippen molar-refractivity contribution in [3.8, 4) is 0 Å². The molecular formula is C14H22BrN3O. The largest absolute Gasteiger partial charge is 0.342 e. The molecule has 1 atom stereocenters. The Balaban J connectivity index is 2.01. The summed E-state index contributed by atoms with van der Waals surface area (Å²) >= 11 is 3.52. The van der Waals surface area contributed by atoms with Crippen LogP contribution in [-0.4, -0.2) is 33.7 Å². The topological polar surface area (TPSA) is 38.1 Å². The Bertz CT molecular complexity index is 464. The zero-order valence-corrected chi connectivity index (χ0v) is 13.5. The van der Waals surface area contributed by atoms with Crippen molar-refractivity contribution in [2.45, 2.75) is 46.6 Å². The van der Waals surface area contributed by atoms with Gasteiger partial charge < -0.3 is 4.90 Å². The van der Waals surface area contributed by atoms with Crippen molar-refractivity contribution >= 4 is 21.8 Å². The molecule has 0 spiro atoms. The molecule has 1 saturated heterocycles. The van der Waals surface area contributed by atoms with Crippen molar-refractivity contribution in [1.82, 2.24) is 14.7 Å². The highest BCUT2D eigenvalue weighted by atomic mass is 79.9. The van der Waals surface area contributed by atoms with E-state index in [-0.39, 0.29) is 11.8 Å². The first-order chi connectivity index (χ1) is 9.00. The molecule has 2 rings (SSSR count). The fourth-order valence-corrected chi connectivity index (χ4v) is 2.90. The second kappa shape index (κ2) is 6.07. The number of halogens is 1. The summed E-state index contributed by atoms with van der Waals surface area (Å²) in [5.41, 5.74) is 2.07. The minimum atomic E-state index is -0.0111. The molecule has 0 aliphatic carbocycles. The van der Waals surface area contributed by atoms with Gasteiger partial charge in [0.15, 0.2) is 0 Å². The summed E-state index contributed by atoms with van der Waals surface area (Å²) in [4.78, 5) is 14.4. The van der Waals surface area contributed by atoms with E-state index in [2.05, 4.69) is 21.0 Å². The van der Waals surface area contributed by atoms with Crippen LogP contribution in [0, 0.1) is 19.8 Å². The highest BCUT2D eigenvalue weighted by Crippen LogP contribution is 2.21. The summed E-state index contributed by atoms with van der Waals surface area (Å²) in [5, 5.41) is 4.48. The Hall–Kier alpha value is -0.840. The lowest BCUT2D eigenvalue weighted by Gasteiger charge is -2.29. The maximum Gasteiger partial charge on any atom is 0.227 e. The van der Waals surface area contributed by atoms with Crippen molar-refractivity contribution in [2.75, 3.05) is 13.1 Å². The number of nitrogens with zero attached hydrogens (tertiary/aromatic N) is 3. The van der Waals surface area contributed by atoms with Crippen molar-refractivity contribution < 1.29 is 4.79 Å². The van der Waals surface area contributed by atoms with Crippen LogP contribution >= 0.6 is 15.9 Å². The molecular weight excluding hydrogens is 306 g/mol. The number of amides is 1. The van der Waals surface area contributed by atoms with Gasteiger partial charge in [0.1, 0.15) is 0 Å². The molecule has 0 radical (unpaired) electrons. The second-order valence-corrected chi connectivity index (χ2v) is 6.25. The number of hydrogen-bond donors (Lipinski definition) is 0. The third-order valence-corrected chi connectivity index (χ3v) is 4.98.